The highest BCUT2D eigenvalue weighted by Crippen LogP contribution is 2.16. The molecular weight excluding hydrogens is 180 g/mol. The Morgan fingerprint density at radius 3 is 2.69 bits per heavy atom. The number of nitrogens with zero attached hydrogens (tertiary/aromatic N) is 1. The second-order valence-corrected chi connectivity index (χ2v) is 5.28. The summed E-state index contributed by atoms with van der Waals surface area (Å²) in [4.78, 5) is 4.50. The van der Waals surface area contributed by atoms with Crippen LogP contribution in [0, 0.1) is 5.92 Å². The third-order valence-corrected chi connectivity index (χ3v) is 3.14. The second-order valence-electron chi connectivity index (χ2n) is 4.27. The molecule has 1 aliphatic heterocycles. The zero-order valence-corrected chi connectivity index (χ0v) is 9.82. The second kappa shape index (κ2) is 4.89. The number of hydrogen-bond acceptors (Lipinski definition) is 3. The first-order chi connectivity index (χ1) is 6.08. The average Bonchev–Trinajstić information content (AvgIpc) is 2.33. The maximum absolute atomic E-state index is 4.50. The summed E-state index contributed by atoms with van der Waals surface area (Å²) in [6.07, 6.45) is 1.22. The van der Waals surface area contributed by atoms with E-state index in [0.717, 1.165) is 16.8 Å². The van der Waals surface area contributed by atoms with E-state index in [0.29, 0.717) is 12.1 Å². The van der Waals surface area contributed by atoms with Crippen LogP contribution in [0.15, 0.2) is 4.99 Å². The molecule has 2 nitrogen and oxygen atoms in total. The fourth-order valence-corrected chi connectivity index (χ4v) is 2.54. The summed E-state index contributed by atoms with van der Waals surface area (Å²) in [6, 6.07) is 1.05. The van der Waals surface area contributed by atoms with Crippen LogP contribution in [0.2, 0.25) is 0 Å². The number of thioether (sulfide) groups is 1. The molecule has 1 heterocycles. The summed E-state index contributed by atoms with van der Waals surface area (Å²) in [5.74, 6) is 1.89. The highest BCUT2D eigenvalue weighted by atomic mass is 32.2. The summed E-state index contributed by atoms with van der Waals surface area (Å²) in [7, 11) is 0. The molecule has 3 heteroatoms. The van der Waals surface area contributed by atoms with Gasteiger partial charge in [-0.3, -0.25) is 4.99 Å². The molecular formula is C10H20N2S. The van der Waals surface area contributed by atoms with Crippen LogP contribution in [0.1, 0.15) is 34.1 Å². The highest BCUT2D eigenvalue weighted by molar-refractivity contribution is 8.14. The van der Waals surface area contributed by atoms with Gasteiger partial charge in [0, 0.05) is 11.8 Å². The number of amidine groups is 1. The van der Waals surface area contributed by atoms with E-state index in [4.69, 9.17) is 0 Å². The van der Waals surface area contributed by atoms with E-state index in [1.165, 1.54) is 6.42 Å². The molecule has 0 saturated heterocycles. The molecule has 2 unspecified atom stereocenters. The van der Waals surface area contributed by atoms with Crippen molar-refractivity contribution in [3.63, 3.8) is 0 Å². The van der Waals surface area contributed by atoms with Crippen LogP contribution >= 0.6 is 11.8 Å². The van der Waals surface area contributed by atoms with Crippen molar-refractivity contribution in [2.24, 2.45) is 10.9 Å². The molecule has 0 amide bonds. The molecule has 0 aromatic heterocycles. The van der Waals surface area contributed by atoms with Gasteiger partial charge in [0.15, 0.2) is 5.17 Å². The molecule has 0 radical (unpaired) electrons. The number of nitrogens with one attached hydrogen (secondary N) is 1. The lowest BCUT2D eigenvalue weighted by molar-refractivity contribution is 0.492. The van der Waals surface area contributed by atoms with Crippen LogP contribution in [-0.4, -0.2) is 23.0 Å². The zero-order valence-electron chi connectivity index (χ0n) is 9.00. The quantitative estimate of drug-likeness (QED) is 0.757. The lowest BCUT2D eigenvalue weighted by Gasteiger charge is -2.16. The Balaban J connectivity index is 2.28. The number of hydrogen-bond donors (Lipinski definition) is 1. The minimum Gasteiger partial charge on any atom is -0.362 e. The van der Waals surface area contributed by atoms with Crippen LogP contribution in [0.4, 0.5) is 0 Å². The Labute approximate surface area is 85.6 Å². The molecule has 2 atom stereocenters. The van der Waals surface area contributed by atoms with Gasteiger partial charge in [0.2, 0.25) is 0 Å². The molecule has 0 bridgehead atoms. The first kappa shape index (κ1) is 10.9. The maximum Gasteiger partial charge on any atom is 0.157 e. The molecule has 13 heavy (non-hydrogen) atoms. The van der Waals surface area contributed by atoms with E-state index in [1.807, 2.05) is 11.8 Å². The van der Waals surface area contributed by atoms with Crippen LogP contribution in [0.25, 0.3) is 0 Å². The van der Waals surface area contributed by atoms with Crippen molar-refractivity contribution in [2.45, 2.75) is 46.2 Å². The van der Waals surface area contributed by atoms with Crippen LogP contribution < -0.4 is 5.32 Å². The molecule has 1 N–H and O–H groups in total. The highest BCUT2D eigenvalue weighted by Gasteiger charge is 2.15. The zero-order chi connectivity index (χ0) is 9.84. The molecule has 0 fully saturated rings. The van der Waals surface area contributed by atoms with Gasteiger partial charge in [-0.2, -0.15) is 0 Å². The lowest BCUT2D eigenvalue weighted by Crippen LogP contribution is -2.30. The van der Waals surface area contributed by atoms with Crippen LogP contribution in [0.3, 0.4) is 0 Å². The minimum atomic E-state index is 0.499. The molecule has 0 aromatic carbocycles. The molecule has 1 aliphatic rings. The topological polar surface area (TPSA) is 24.4 Å². The van der Waals surface area contributed by atoms with Crippen molar-refractivity contribution >= 4 is 16.9 Å². The van der Waals surface area contributed by atoms with Gasteiger partial charge >= 0.3 is 0 Å². The number of rotatable bonds is 3. The van der Waals surface area contributed by atoms with E-state index < -0.39 is 0 Å². The summed E-state index contributed by atoms with van der Waals surface area (Å²) in [5.41, 5.74) is 0. The van der Waals surface area contributed by atoms with Crippen molar-refractivity contribution in [1.29, 1.82) is 0 Å². The Bertz CT molecular complexity index is 189. The fraction of sp³-hybridized carbons (Fsp3) is 0.900. The molecule has 0 aromatic rings. The predicted molar refractivity (Wildman–Crippen MR) is 61.4 cm³/mol. The molecule has 0 saturated carbocycles. The third kappa shape index (κ3) is 4.03. The van der Waals surface area contributed by atoms with Gasteiger partial charge in [-0.15, -0.1) is 0 Å². The van der Waals surface area contributed by atoms with Gasteiger partial charge in [0.25, 0.3) is 0 Å². The van der Waals surface area contributed by atoms with Gasteiger partial charge in [0.05, 0.1) is 6.04 Å². The van der Waals surface area contributed by atoms with Gasteiger partial charge in [0.1, 0.15) is 0 Å². The Morgan fingerprint density at radius 1 is 1.54 bits per heavy atom. The molecule has 1 rings (SSSR count). The standard InChI is InChI=1S/C10H20N2S/c1-7(2)5-8(3)11-10-12-9(4)6-13-10/h7-9H,5-6H2,1-4H3,(H,11,12). The Morgan fingerprint density at radius 2 is 2.23 bits per heavy atom. The van der Waals surface area contributed by atoms with Gasteiger partial charge in [-0.25, -0.2) is 0 Å². The van der Waals surface area contributed by atoms with E-state index in [1.54, 1.807) is 0 Å². The average molecular weight is 200 g/mol. The Hall–Kier alpha value is -0.180. The van der Waals surface area contributed by atoms with Crippen LogP contribution in [0.5, 0.6) is 0 Å². The monoisotopic (exact) mass is 200 g/mol. The van der Waals surface area contributed by atoms with Crippen molar-refractivity contribution in [2.75, 3.05) is 5.75 Å². The maximum atomic E-state index is 4.50. The molecule has 76 valence electrons. The van der Waals surface area contributed by atoms with Gasteiger partial charge in [-0.05, 0) is 26.2 Å². The van der Waals surface area contributed by atoms with Crippen molar-refractivity contribution < 1.29 is 0 Å². The summed E-state index contributed by atoms with van der Waals surface area (Å²) in [5, 5.41) is 4.59. The number of aliphatic imine (C=N–C) groups is 1. The lowest BCUT2D eigenvalue weighted by atomic mass is 10.1. The summed E-state index contributed by atoms with van der Waals surface area (Å²) < 4.78 is 0. The van der Waals surface area contributed by atoms with Gasteiger partial charge in [-0.1, -0.05) is 25.6 Å². The summed E-state index contributed by atoms with van der Waals surface area (Å²) in [6.45, 7) is 8.90. The first-order valence-electron chi connectivity index (χ1n) is 5.05. The third-order valence-electron chi connectivity index (χ3n) is 1.99. The van der Waals surface area contributed by atoms with Crippen molar-refractivity contribution in [3.05, 3.63) is 0 Å². The predicted octanol–water partition coefficient (Wildman–Crippen LogP) is 2.50. The molecule has 0 spiro atoms. The fourth-order valence-electron chi connectivity index (χ4n) is 1.53. The van der Waals surface area contributed by atoms with E-state index in [-0.39, 0.29) is 0 Å². The van der Waals surface area contributed by atoms with E-state index in [9.17, 15) is 0 Å². The normalized spacial score (nSPS) is 24.7. The van der Waals surface area contributed by atoms with Crippen molar-refractivity contribution in [1.82, 2.24) is 5.32 Å². The van der Waals surface area contributed by atoms with E-state index >= 15 is 0 Å². The first-order valence-corrected chi connectivity index (χ1v) is 6.03. The smallest absolute Gasteiger partial charge is 0.157 e. The van der Waals surface area contributed by atoms with Crippen LogP contribution in [-0.2, 0) is 0 Å². The summed E-state index contributed by atoms with van der Waals surface area (Å²) >= 11 is 1.84. The largest absolute Gasteiger partial charge is 0.362 e. The van der Waals surface area contributed by atoms with Crippen molar-refractivity contribution in [3.8, 4) is 0 Å². The Kier molecular flexibility index (Phi) is 4.10. The van der Waals surface area contributed by atoms with Gasteiger partial charge < -0.3 is 5.32 Å². The molecule has 0 aliphatic carbocycles. The SMILES string of the molecule is CC(C)CC(C)NC1=NC(C)CS1. The minimum absolute atomic E-state index is 0.499. The van der Waals surface area contributed by atoms with E-state index in [2.05, 4.69) is 38.0 Å².